The Kier molecular flexibility index (Phi) is 5.24. The van der Waals surface area contributed by atoms with Crippen molar-refractivity contribution in [3.05, 3.63) is 23.8 Å². The topological polar surface area (TPSA) is 38.7 Å². The minimum Gasteiger partial charge on any atom is -0.490 e. The van der Waals surface area contributed by atoms with Crippen LogP contribution in [-0.4, -0.2) is 18.3 Å². The summed E-state index contributed by atoms with van der Waals surface area (Å²) in [5, 5.41) is 9.02. The van der Waals surface area contributed by atoms with Crippen LogP contribution in [0, 0.1) is 11.8 Å². The molecule has 0 bridgehead atoms. The van der Waals surface area contributed by atoms with Gasteiger partial charge in [0.15, 0.2) is 11.5 Å². The lowest BCUT2D eigenvalue weighted by Gasteiger charge is -2.11. The molecule has 1 rings (SSSR count). The quantitative estimate of drug-likeness (QED) is 0.771. The van der Waals surface area contributed by atoms with E-state index >= 15 is 0 Å². The smallest absolute Gasteiger partial charge is 0.162 e. The fourth-order valence-corrected chi connectivity index (χ4v) is 1.22. The monoisotopic (exact) mass is 220 g/mol. The maximum Gasteiger partial charge on any atom is 0.162 e. The normalized spacial score (nSPS) is 9.19. The van der Waals surface area contributed by atoms with Gasteiger partial charge >= 0.3 is 0 Å². The van der Waals surface area contributed by atoms with E-state index in [2.05, 4.69) is 11.8 Å². The van der Waals surface area contributed by atoms with E-state index in [1.165, 1.54) is 0 Å². The summed E-state index contributed by atoms with van der Waals surface area (Å²) in [6.07, 6.45) is 0. The number of hydrogen-bond donors (Lipinski definition) is 1. The summed E-state index contributed by atoms with van der Waals surface area (Å²) in [6, 6.07) is 5.36. The third-order valence-electron chi connectivity index (χ3n) is 1.97. The molecule has 0 unspecified atom stereocenters. The van der Waals surface area contributed by atoms with Crippen molar-refractivity contribution < 1.29 is 14.6 Å². The number of aliphatic hydroxyl groups excluding tert-OH is 1. The summed E-state index contributed by atoms with van der Waals surface area (Å²) < 4.78 is 10.9. The SMILES string of the molecule is CC#CCOc1ccc(CO)cc1OCC. The molecule has 0 atom stereocenters. The van der Waals surface area contributed by atoms with Crippen molar-refractivity contribution in [3.63, 3.8) is 0 Å². The predicted molar refractivity (Wildman–Crippen MR) is 62.5 cm³/mol. The Balaban J connectivity index is 2.82. The molecule has 16 heavy (non-hydrogen) atoms. The first-order valence-electron chi connectivity index (χ1n) is 5.20. The first-order valence-corrected chi connectivity index (χ1v) is 5.20. The fourth-order valence-electron chi connectivity index (χ4n) is 1.22. The maximum absolute atomic E-state index is 9.02. The van der Waals surface area contributed by atoms with Crippen LogP contribution in [0.4, 0.5) is 0 Å². The predicted octanol–water partition coefficient (Wildman–Crippen LogP) is 1.98. The van der Waals surface area contributed by atoms with Gasteiger partial charge < -0.3 is 14.6 Å². The van der Waals surface area contributed by atoms with Crippen LogP contribution in [0.15, 0.2) is 18.2 Å². The first-order chi connectivity index (χ1) is 7.81. The van der Waals surface area contributed by atoms with E-state index in [-0.39, 0.29) is 6.61 Å². The van der Waals surface area contributed by atoms with Crippen molar-refractivity contribution in [3.8, 4) is 23.3 Å². The highest BCUT2D eigenvalue weighted by Crippen LogP contribution is 2.28. The Bertz CT molecular complexity index is 388. The Morgan fingerprint density at radius 2 is 2.06 bits per heavy atom. The van der Waals surface area contributed by atoms with Gasteiger partial charge in [-0.1, -0.05) is 12.0 Å². The van der Waals surface area contributed by atoms with Gasteiger partial charge in [-0.05, 0) is 31.5 Å². The van der Waals surface area contributed by atoms with Gasteiger partial charge in [0.05, 0.1) is 13.2 Å². The second kappa shape index (κ2) is 6.76. The van der Waals surface area contributed by atoms with Crippen LogP contribution < -0.4 is 9.47 Å². The van der Waals surface area contributed by atoms with Gasteiger partial charge in [0.1, 0.15) is 6.61 Å². The second-order valence-electron chi connectivity index (χ2n) is 3.09. The molecule has 0 saturated heterocycles. The lowest BCUT2D eigenvalue weighted by atomic mass is 10.2. The average Bonchev–Trinajstić information content (AvgIpc) is 2.31. The minimum absolute atomic E-state index is 0.00484. The van der Waals surface area contributed by atoms with E-state index in [0.29, 0.717) is 24.7 Å². The van der Waals surface area contributed by atoms with Gasteiger partial charge in [0.25, 0.3) is 0 Å². The molecule has 0 amide bonds. The highest BCUT2D eigenvalue weighted by molar-refractivity contribution is 5.43. The van der Waals surface area contributed by atoms with Crippen molar-refractivity contribution in [2.45, 2.75) is 20.5 Å². The molecule has 0 saturated carbocycles. The number of hydrogen-bond acceptors (Lipinski definition) is 3. The third-order valence-corrected chi connectivity index (χ3v) is 1.97. The molecule has 1 aromatic carbocycles. The molecule has 0 aliphatic rings. The van der Waals surface area contributed by atoms with Crippen molar-refractivity contribution in [2.24, 2.45) is 0 Å². The van der Waals surface area contributed by atoms with E-state index in [1.807, 2.05) is 6.92 Å². The lowest BCUT2D eigenvalue weighted by Crippen LogP contribution is -2.00. The first kappa shape index (κ1) is 12.4. The van der Waals surface area contributed by atoms with E-state index in [1.54, 1.807) is 25.1 Å². The van der Waals surface area contributed by atoms with E-state index in [9.17, 15) is 0 Å². The average molecular weight is 220 g/mol. The molecule has 0 spiro atoms. The van der Waals surface area contributed by atoms with Crippen molar-refractivity contribution >= 4 is 0 Å². The van der Waals surface area contributed by atoms with Gasteiger partial charge in [-0.3, -0.25) is 0 Å². The van der Waals surface area contributed by atoms with Crippen LogP contribution in [0.2, 0.25) is 0 Å². The van der Waals surface area contributed by atoms with Crippen LogP contribution in [-0.2, 0) is 6.61 Å². The Hall–Kier alpha value is -1.66. The Morgan fingerprint density at radius 1 is 1.25 bits per heavy atom. The van der Waals surface area contributed by atoms with Gasteiger partial charge in [0, 0.05) is 0 Å². The largest absolute Gasteiger partial charge is 0.490 e. The Morgan fingerprint density at radius 3 is 2.69 bits per heavy atom. The van der Waals surface area contributed by atoms with Crippen LogP contribution in [0.5, 0.6) is 11.5 Å². The van der Waals surface area contributed by atoms with E-state index in [4.69, 9.17) is 14.6 Å². The van der Waals surface area contributed by atoms with Crippen molar-refractivity contribution in [1.29, 1.82) is 0 Å². The van der Waals surface area contributed by atoms with E-state index < -0.39 is 0 Å². The summed E-state index contributed by atoms with van der Waals surface area (Å²) >= 11 is 0. The lowest BCUT2D eigenvalue weighted by molar-refractivity contribution is 0.276. The second-order valence-corrected chi connectivity index (χ2v) is 3.09. The van der Waals surface area contributed by atoms with Crippen LogP contribution >= 0.6 is 0 Å². The summed E-state index contributed by atoms with van der Waals surface area (Å²) in [5.41, 5.74) is 0.803. The standard InChI is InChI=1S/C13H16O3/c1-3-5-8-16-12-7-6-11(10-14)9-13(12)15-4-2/h6-7,9,14H,4,8,10H2,1-2H3. The molecular weight excluding hydrogens is 204 g/mol. The molecular formula is C13H16O3. The molecule has 0 aliphatic heterocycles. The van der Waals surface area contributed by atoms with Crippen molar-refractivity contribution in [1.82, 2.24) is 0 Å². The van der Waals surface area contributed by atoms with Gasteiger partial charge in [-0.2, -0.15) is 0 Å². The summed E-state index contributed by atoms with van der Waals surface area (Å²) in [5.74, 6) is 6.87. The van der Waals surface area contributed by atoms with E-state index in [0.717, 1.165) is 5.56 Å². The highest BCUT2D eigenvalue weighted by atomic mass is 16.5. The molecule has 3 nitrogen and oxygen atoms in total. The molecule has 0 aromatic heterocycles. The molecule has 1 aromatic rings. The molecule has 86 valence electrons. The third kappa shape index (κ3) is 3.48. The number of ether oxygens (including phenoxy) is 2. The molecule has 0 fully saturated rings. The van der Waals surface area contributed by atoms with Gasteiger partial charge in [-0.15, -0.1) is 5.92 Å². The summed E-state index contributed by atoms with van der Waals surface area (Å²) in [6.45, 7) is 4.57. The summed E-state index contributed by atoms with van der Waals surface area (Å²) in [7, 11) is 0. The number of rotatable bonds is 5. The Labute approximate surface area is 96.0 Å². The zero-order valence-corrected chi connectivity index (χ0v) is 9.62. The minimum atomic E-state index is -0.00484. The maximum atomic E-state index is 9.02. The molecule has 3 heteroatoms. The molecule has 1 N–H and O–H groups in total. The summed E-state index contributed by atoms with van der Waals surface area (Å²) in [4.78, 5) is 0. The van der Waals surface area contributed by atoms with Gasteiger partial charge in [0.2, 0.25) is 0 Å². The van der Waals surface area contributed by atoms with Gasteiger partial charge in [-0.25, -0.2) is 0 Å². The zero-order valence-electron chi connectivity index (χ0n) is 9.62. The van der Waals surface area contributed by atoms with Crippen LogP contribution in [0.3, 0.4) is 0 Å². The highest BCUT2D eigenvalue weighted by Gasteiger charge is 2.05. The molecule has 0 aliphatic carbocycles. The molecule has 0 heterocycles. The number of aliphatic hydroxyl groups is 1. The fraction of sp³-hybridized carbons (Fsp3) is 0.385. The number of benzene rings is 1. The van der Waals surface area contributed by atoms with Crippen LogP contribution in [0.25, 0.3) is 0 Å². The van der Waals surface area contributed by atoms with Crippen LogP contribution in [0.1, 0.15) is 19.4 Å². The molecule has 0 radical (unpaired) electrons. The zero-order chi connectivity index (χ0) is 11.8. The van der Waals surface area contributed by atoms with Crippen molar-refractivity contribution in [2.75, 3.05) is 13.2 Å².